The average Bonchev–Trinajstić information content (AvgIpc) is 2.53. The van der Waals surface area contributed by atoms with Gasteiger partial charge in [0.1, 0.15) is 18.1 Å². The third kappa shape index (κ3) is 2.92. The molecule has 21 heavy (non-hydrogen) atoms. The summed E-state index contributed by atoms with van der Waals surface area (Å²) in [7, 11) is 1.63. The fraction of sp³-hybridized carbons (Fsp3) is 0.278. The molecule has 0 saturated carbocycles. The van der Waals surface area contributed by atoms with Crippen molar-refractivity contribution >= 4 is 5.78 Å². The van der Waals surface area contributed by atoms with Gasteiger partial charge >= 0.3 is 0 Å². The van der Waals surface area contributed by atoms with E-state index in [9.17, 15) is 4.79 Å². The van der Waals surface area contributed by atoms with Gasteiger partial charge in [0.15, 0.2) is 5.78 Å². The van der Waals surface area contributed by atoms with Gasteiger partial charge in [0, 0.05) is 12.5 Å². The zero-order chi connectivity index (χ0) is 14.7. The zero-order valence-corrected chi connectivity index (χ0v) is 12.1. The van der Waals surface area contributed by atoms with Crippen LogP contribution >= 0.6 is 0 Å². The van der Waals surface area contributed by atoms with Crippen molar-refractivity contribution in [1.29, 1.82) is 0 Å². The zero-order valence-electron chi connectivity index (χ0n) is 12.1. The molecule has 0 spiro atoms. The molecule has 108 valence electrons. The summed E-state index contributed by atoms with van der Waals surface area (Å²) in [6.45, 7) is 0.452. The minimum absolute atomic E-state index is 0.168. The molecule has 0 heterocycles. The Balaban J connectivity index is 1.91. The third-order valence-corrected chi connectivity index (χ3v) is 3.76. The fourth-order valence-electron chi connectivity index (χ4n) is 2.69. The molecule has 0 radical (unpaired) electrons. The van der Waals surface area contributed by atoms with Gasteiger partial charge in [-0.3, -0.25) is 4.79 Å². The van der Waals surface area contributed by atoms with Gasteiger partial charge in [-0.2, -0.15) is 0 Å². The molecule has 1 aliphatic carbocycles. The third-order valence-electron chi connectivity index (χ3n) is 3.76. The van der Waals surface area contributed by atoms with Crippen molar-refractivity contribution in [1.82, 2.24) is 0 Å². The van der Waals surface area contributed by atoms with E-state index in [1.807, 2.05) is 42.5 Å². The van der Waals surface area contributed by atoms with Crippen molar-refractivity contribution in [2.45, 2.75) is 25.9 Å². The maximum absolute atomic E-state index is 12.2. The number of carbonyl (C=O) groups is 1. The molecule has 1 aliphatic rings. The Hall–Kier alpha value is -2.29. The molecule has 0 aromatic heterocycles. The number of ether oxygens (including phenoxy) is 2. The second-order valence-electron chi connectivity index (χ2n) is 5.21. The van der Waals surface area contributed by atoms with Crippen molar-refractivity contribution in [3.63, 3.8) is 0 Å². The lowest BCUT2D eigenvalue weighted by Crippen LogP contribution is -2.13. The highest BCUT2D eigenvalue weighted by molar-refractivity contribution is 6.01. The van der Waals surface area contributed by atoms with Crippen molar-refractivity contribution < 1.29 is 14.3 Å². The Morgan fingerprint density at radius 2 is 1.90 bits per heavy atom. The number of carbonyl (C=O) groups excluding carboxylic acids is 1. The van der Waals surface area contributed by atoms with Crippen molar-refractivity contribution in [3.05, 3.63) is 59.2 Å². The predicted octanol–water partition coefficient (Wildman–Crippen LogP) is 3.79. The molecule has 2 aromatic rings. The molecule has 0 N–H and O–H groups in total. The lowest BCUT2D eigenvalue weighted by molar-refractivity contribution is 0.0967. The topological polar surface area (TPSA) is 35.5 Å². The lowest BCUT2D eigenvalue weighted by Gasteiger charge is -2.20. The summed E-state index contributed by atoms with van der Waals surface area (Å²) in [5.74, 6) is 1.55. The Kier molecular flexibility index (Phi) is 3.91. The first kappa shape index (κ1) is 13.7. The molecule has 0 aliphatic heterocycles. The predicted molar refractivity (Wildman–Crippen MR) is 81.0 cm³/mol. The van der Waals surface area contributed by atoms with Gasteiger partial charge in [0.2, 0.25) is 0 Å². The molecule has 0 amide bonds. The standard InChI is InChI=1S/C18H18O3/c1-20-15-10-14-8-5-9-16(19)18(14)17(11-15)21-12-13-6-3-2-4-7-13/h2-4,6-7,10-11H,5,8-9,12H2,1H3. The van der Waals surface area contributed by atoms with Gasteiger partial charge in [-0.25, -0.2) is 0 Å². The number of aryl methyl sites for hydroxylation is 1. The van der Waals surface area contributed by atoms with Crippen LogP contribution in [-0.4, -0.2) is 12.9 Å². The summed E-state index contributed by atoms with van der Waals surface area (Å²) in [6, 6.07) is 13.7. The van der Waals surface area contributed by atoms with E-state index in [0.717, 1.165) is 35.3 Å². The van der Waals surface area contributed by atoms with Crippen LogP contribution in [0.25, 0.3) is 0 Å². The monoisotopic (exact) mass is 282 g/mol. The van der Waals surface area contributed by atoms with Gasteiger partial charge < -0.3 is 9.47 Å². The van der Waals surface area contributed by atoms with Crippen LogP contribution in [0.2, 0.25) is 0 Å². The SMILES string of the molecule is COc1cc2c(c(OCc3ccccc3)c1)C(=O)CCC2. The van der Waals surface area contributed by atoms with Crippen molar-refractivity contribution in [2.75, 3.05) is 7.11 Å². The molecule has 3 heteroatoms. The van der Waals surface area contributed by atoms with Gasteiger partial charge in [-0.1, -0.05) is 30.3 Å². The quantitative estimate of drug-likeness (QED) is 0.855. The van der Waals surface area contributed by atoms with Crippen LogP contribution in [0.1, 0.15) is 34.3 Å². The van der Waals surface area contributed by atoms with Gasteiger partial charge in [0.25, 0.3) is 0 Å². The van der Waals surface area contributed by atoms with E-state index >= 15 is 0 Å². The number of methoxy groups -OCH3 is 1. The van der Waals surface area contributed by atoms with E-state index in [1.165, 1.54) is 0 Å². The summed E-state index contributed by atoms with van der Waals surface area (Å²) in [4.78, 5) is 12.2. The van der Waals surface area contributed by atoms with Crippen molar-refractivity contribution in [3.8, 4) is 11.5 Å². The van der Waals surface area contributed by atoms with Crippen LogP contribution in [-0.2, 0) is 13.0 Å². The van der Waals surface area contributed by atoms with Crippen molar-refractivity contribution in [2.24, 2.45) is 0 Å². The molecule has 0 fully saturated rings. The van der Waals surface area contributed by atoms with E-state index in [-0.39, 0.29) is 5.78 Å². The van der Waals surface area contributed by atoms with Gasteiger partial charge in [-0.15, -0.1) is 0 Å². The summed E-state index contributed by atoms with van der Waals surface area (Å²) in [5.41, 5.74) is 2.85. The Morgan fingerprint density at radius 3 is 2.67 bits per heavy atom. The normalized spacial score (nSPS) is 13.7. The molecule has 0 bridgehead atoms. The summed E-state index contributed by atoms with van der Waals surface area (Å²) in [5, 5.41) is 0. The molecule has 0 atom stereocenters. The van der Waals surface area contributed by atoms with E-state index in [1.54, 1.807) is 7.11 Å². The molecule has 3 rings (SSSR count). The highest BCUT2D eigenvalue weighted by Crippen LogP contribution is 2.34. The van der Waals surface area contributed by atoms with E-state index in [2.05, 4.69) is 0 Å². The fourth-order valence-corrected chi connectivity index (χ4v) is 2.69. The Morgan fingerprint density at radius 1 is 1.10 bits per heavy atom. The first-order valence-corrected chi connectivity index (χ1v) is 7.19. The largest absolute Gasteiger partial charge is 0.497 e. The molecule has 2 aromatic carbocycles. The highest BCUT2D eigenvalue weighted by Gasteiger charge is 2.23. The number of fused-ring (bicyclic) bond motifs is 1. The van der Waals surface area contributed by atoms with Gasteiger partial charge in [-0.05, 0) is 30.0 Å². The lowest BCUT2D eigenvalue weighted by atomic mass is 9.89. The first-order valence-electron chi connectivity index (χ1n) is 7.19. The van der Waals surface area contributed by atoms with Crippen LogP contribution < -0.4 is 9.47 Å². The number of ketones is 1. The average molecular weight is 282 g/mol. The summed E-state index contributed by atoms with van der Waals surface area (Å²) in [6.07, 6.45) is 2.40. The smallest absolute Gasteiger partial charge is 0.166 e. The molecule has 0 saturated heterocycles. The number of benzene rings is 2. The van der Waals surface area contributed by atoms with E-state index < -0.39 is 0 Å². The maximum atomic E-state index is 12.2. The first-order chi connectivity index (χ1) is 10.3. The minimum Gasteiger partial charge on any atom is -0.497 e. The second kappa shape index (κ2) is 6.00. The number of hydrogen-bond acceptors (Lipinski definition) is 3. The van der Waals surface area contributed by atoms with Gasteiger partial charge in [0.05, 0.1) is 12.7 Å². The van der Waals surface area contributed by atoms with E-state index in [4.69, 9.17) is 9.47 Å². The molecular weight excluding hydrogens is 264 g/mol. The number of Topliss-reactive ketones (excluding diaryl/α,β-unsaturated/α-hetero) is 1. The van der Waals surface area contributed by atoms with Crippen LogP contribution in [0, 0.1) is 0 Å². The second-order valence-corrected chi connectivity index (χ2v) is 5.21. The molecule has 0 unspecified atom stereocenters. The van der Waals surface area contributed by atoms with Crippen LogP contribution in [0.4, 0.5) is 0 Å². The number of rotatable bonds is 4. The highest BCUT2D eigenvalue weighted by atomic mass is 16.5. The maximum Gasteiger partial charge on any atom is 0.166 e. The molecule has 3 nitrogen and oxygen atoms in total. The van der Waals surface area contributed by atoms with Crippen LogP contribution in [0.5, 0.6) is 11.5 Å². The van der Waals surface area contributed by atoms with Crippen LogP contribution in [0.15, 0.2) is 42.5 Å². The summed E-state index contributed by atoms with van der Waals surface area (Å²) >= 11 is 0. The number of hydrogen-bond donors (Lipinski definition) is 0. The summed E-state index contributed by atoms with van der Waals surface area (Å²) < 4.78 is 11.2. The Labute approximate surface area is 124 Å². The minimum atomic E-state index is 0.168. The van der Waals surface area contributed by atoms with E-state index in [0.29, 0.717) is 18.8 Å². The molecular formula is C18H18O3. The Bertz CT molecular complexity index is 647. The van der Waals surface area contributed by atoms with Crippen LogP contribution in [0.3, 0.4) is 0 Å².